The summed E-state index contributed by atoms with van der Waals surface area (Å²) in [4.78, 5) is 17.4. The third-order valence-electron chi connectivity index (χ3n) is 5.46. The number of nitrogens with zero attached hydrogens (tertiary/aromatic N) is 3. The molecule has 0 spiro atoms. The van der Waals surface area contributed by atoms with Crippen LogP contribution in [-0.4, -0.2) is 46.0 Å². The van der Waals surface area contributed by atoms with Crippen molar-refractivity contribution in [2.24, 2.45) is 5.92 Å². The molecule has 0 aromatic carbocycles. The highest BCUT2D eigenvalue weighted by atomic mass is 16.3. The summed E-state index contributed by atoms with van der Waals surface area (Å²) in [6.07, 6.45) is 6.35. The highest BCUT2D eigenvalue weighted by Crippen LogP contribution is 2.38. The van der Waals surface area contributed by atoms with Gasteiger partial charge in [0.2, 0.25) is 0 Å². The van der Waals surface area contributed by atoms with Gasteiger partial charge in [-0.1, -0.05) is 0 Å². The molecule has 3 aliphatic rings. The molecule has 0 radical (unpaired) electrons. The van der Waals surface area contributed by atoms with Crippen molar-refractivity contribution in [3.8, 4) is 0 Å². The average Bonchev–Trinajstić information content (AvgIpc) is 2.99. The van der Waals surface area contributed by atoms with E-state index < -0.39 is 0 Å². The predicted octanol–water partition coefficient (Wildman–Crippen LogP) is 2.37. The molecule has 5 rings (SSSR count). The molecule has 2 atom stereocenters. The van der Waals surface area contributed by atoms with Crippen LogP contribution in [0, 0.1) is 5.92 Å². The Morgan fingerprint density at radius 3 is 2.78 bits per heavy atom. The van der Waals surface area contributed by atoms with Gasteiger partial charge in [-0.05, 0) is 43.0 Å². The summed E-state index contributed by atoms with van der Waals surface area (Å²) in [5.74, 6) is 1.93. The summed E-state index contributed by atoms with van der Waals surface area (Å²) in [5.41, 5.74) is 0.853. The SMILES string of the molecule is O=C1c2cccn2[C@H]2CN(Cc3ccco3)C[C@@H]2N1CC1CC1. The fraction of sp³-hybridized carbons (Fsp3) is 0.500. The van der Waals surface area contributed by atoms with Gasteiger partial charge in [-0.2, -0.15) is 0 Å². The zero-order valence-corrected chi connectivity index (χ0v) is 13.1. The van der Waals surface area contributed by atoms with Gasteiger partial charge in [0.25, 0.3) is 5.91 Å². The van der Waals surface area contributed by atoms with Gasteiger partial charge in [-0.25, -0.2) is 0 Å². The molecule has 2 aromatic heterocycles. The summed E-state index contributed by atoms with van der Waals surface area (Å²) in [6.45, 7) is 3.66. The zero-order chi connectivity index (χ0) is 15.4. The van der Waals surface area contributed by atoms with E-state index in [2.05, 4.69) is 20.6 Å². The molecule has 1 saturated heterocycles. The zero-order valence-electron chi connectivity index (χ0n) is 13.1. The topological polar surface area (TPSA) is 41.6 Å². The first-order valence-corrected chi connectivity index (χ1v) is 8.52. The number of rotatable bonds is 4. The van der Waals surface area contributed by atoms with Crippen LogP contribution in [0.5, 0.6) is 0 Å². The first-order valence-electron chi connectivity index (χ1n) is 8.52. The monoisotopic (exact) mass is 311 g/mol. The quantitative estimate of drug-likeness (QED) is 0.870. The van der Waals surface area contributed by atoms with Crippen molar-refractivity contribution in [2.75, 3.05) is 19.6 Å². The molecule has 4 heterocycles. The minimum absolute atomic E-state index is 0.211. The van der Waals surface area contributed by atoms with Gasteiger partial charge in [0, 0.05) is 25.8 Å². The smallest absolute Gasteiger partial charge is 0.270 e. The number of amides is 1. The highest BCUT2D eigenvalue weighted by Gasteiger charge is 2.46. The van der Waals surface area contributed by atoms with E-state index in [1.54, 1.807) is 6.26 Å². The molecule has 2 aliphatic heterocycles. The normalized spacial score (nSPS) is 27.3. The van der Waals surface area contributed by atoms with E-state index in [1.165, 1.54) is 12.8 Å². The van der Waals surface area contributed by atoms with Crippen molar-refractivity contribution in [1.82, 2.24) is 14.4 Å². The predicted molar refractivity (Wildman–Crippen MR) is 85.0 cm³/mol. The number of furan rings is 1. The van der Waals surface area contributed by atoms with Gasteiger partial charge in [0.05, 0.1) is 24.9 Å². The minimum Gasteiger partial charge on any atom is -0.468 e. The summed E-state index contributed by atoms with van der Waals surface area (Å²) in [5, 5.41) is 0. The van der Waals surface area contributed by atoms with Crippen LogP contribution < -0.4 is 0 Å². The Morgan fingerprint density at radius 1 is 1.13 bits per heavy atom. The number of carbonyl (C=O) groups excluding carboxylic acids is 1. The van der Waals surface area contributed by atoms with E-state index in [4.69, 9.17) is 4.42 Å². The first-order chi connectivity index (χ1) is 11.3. The lowest BCUT2D eigenvalue weighted by atomic mass is 10.1. The molecule has 0 bridgehead atoms. The molecule has 120 valence electrons. The molecule has 0 unspecified atom stereocenters. The van der Waals surface area contributed by atoms with E-state index in [9.17, 15) is 4.79 Å². The average molecular weight is 311 g/mol. The Kier molecular flexibility index (Phi) is 2.92. The van der Waals surface area contributed by atoms with Crippen molar-refractivity contribution in [2.45, 2.75) is 31.5 Å². The molecule has 1 saturated carbocycles. The standard InChI is InChI=1S/C18H21N3O2/c22-18-15-4-1-7-20(15)16-11-19(10-14-3-2-8-23-14)12-17(16)21(18)9-13-5-6-13/h1-4,7-8,13,16-17H,5-6,9-12H2/t16-,17-/m0/s1. The van der Waals surface area contributed by atoms with Crippen LogP contribution in [0.15, 0.2) is 41.1 Å². The second kappa shape index (κ2) is 4.99. The Bertz CT molecular complexity index is 716. The van der Waals surface area contributed by atoms with Crippen LogP contribution >= 0.6 is 0 Å². The van der Waals surface area contributed by atoms with Gasteiger partial charge in [0.1, 0.15) is 11.5 Å². The van der Waals surface area contributed by atoms with Crippen molar-refractivity contribution in [3.63, 3.8) is 0 Å². The second-order valence-electron chi connectivity index (χ2n) is 7.11. The molecule has 5 heteroatoms. The maximum atomic E-state index is 12.9. The number of aromatic nitrogens is 1. The lowest BCUT2D eigenvalue weighted by Crippen LogP contribution is -2.51. The Hall–Kier alpha value is -2.01. The van der Waals surface area contributed by atoms with Gasteiger partial charge in [0.15, 0.2) is 0 Å². The Labute approximate surface area is 135 Å². The van der Waals surface area contributed by atoms with E-state index in [0.29, 0.717) is 6.04 Å². The Balaban J connectivity index is 1.43. The number of likely N-dealkylation sites (tertiary alicyclic amines) is 1. The van der Waals surface area contributed by atoms with Crippen molar-refractivity contribution in [3.05, 3.63) is 48.2 Å². The molecular weight excluding hydrogens is 290 g/mol. The van der Waals surface area contributed by atoms with E-state index in [0.717, 1.165) is 43.6 Å². The van der Waals surface area contributed by atoms with E-state index in [-0.39, 0.29) is 11.9 Å². The van der Waals surface area contributed by atoms with Crippen LogP contribution in [0.25, 0.3) is 0 Å². The largest absolute Gasteiger partial charge is 0.468 e. The summed E-state index contributed by atoms with van der Waals surface area (Å²) in [7, 11) is 0. The summed E-state index contributed by atoms with van der Waals surface area (Å²) < 4.78 is 7.69. The number of carbonyl (C=O) groups is 1. The van der Waals surface area contributed by atoms with Crippen LogP contribution in [0.1, 0.15) is 35.1 Å². The van der Waals surface area contributed by atoms with Crippen molar-refractivity contribution >= 4 is 5.91 Å². The van der Waals surface area contributed by atoms with Gasteiger partial charge in [-0.3, -0.25) is 9.69 Å². The minimum atomic E-state index is 0.211. The molecule has 1 amide bonds. The number of fused-ring (bicyclic) bond motifs is 3. The lowest BCUT2D eigenvalue weighted by Gasteiger charge is -2.38. The van der Waals surface area contributed by atoms with Crippen LogP contribution in [0.3, 0.4) is 0 Å². The van der Waals surface area contributed by atoms with E-state index in [1.807, 2.05) is 24.3 Å². The third-order valence-corrected chi connectivity index (χ3v) is 5.46. The highest BCUT2D eigenvalue weighted by molar-refractivity contribution is 5.94. The summed E-state index contributed by atoms with van der Waals surface area (Å²) in [6, 6.07) is 8.58. The number of hydrogen-bond donors (Lipinski definition) is 0. The first kappa shape index (κ1) is 13.4. The van der Waals surface area contributed by atoms with Crippen LogP contribution in [0.4, 0.5) is 0 Å². The summed E-state index contributed by atoms with van der Waals surface area (Å²) >= 11 is 0. The fourth-order valence-electron chi connectivity index (χ4n) is 4.14. The maximum absolute atomic E-state index is 12.9. The molecule has 1 aliphatic carbocycles. The maximum Gasteiger partial charge on any atom is 0.270 e. The number of hydrogen-bond acceptors (Lipinski definition) is 3. The lowest BCUT2D eigenvalue weighted by molar-refractivity contribution is 0.0565. The van der Waals surface area contributed by atoms with Crippen LogP contribution in [-0.2, 0) is 6.54 Å². The Morgan fingerprint density at radius 2 is 2.00 bits per heavy atom. The fourth-order valence-corrected chi connectivity index (χ4v) is 4.14. The molecular formula is C18H21N3O2. The second-order valence-corrected chi connectivity index (χ2v) is 7.11. The van der Waals surface area contributed by atoms with E-state index >= 15 is 0 Å². The molecule has 2 aromatic rings. The van der Waals surface area contributed by atoms with Gasteiger partial charge < -0.3 is 13.9 Å². The molecule has 2 fully saturated rings. The van der Waals surface area contributed by atoms with Gasteiger partial charge in [-0.15, -0.1) is 0 Å². The van der Waals surface area contributed by atoms with Crippen molar-refractivity contribution in [1.29, 1.82) is 0 Å². The van der Waals surface area contributed by atoms with Gasteiger partial charge >= 0.3 is 0 Å². The van der Waals surface area contributed by atoms with Crippen molar-refractivity contribution < 1.29 is 9.21 Å². The molecule has 5 nitrogen and oxygen atoms in total. The third kappa shape index (κ3) is 2.22. The molecule has 0 N–H and O–H groups in total. The van der Waals surface area contributed by atoms with Crippen LogP contribution in [0.2, 0.25) is 0 Å². The molecule has 23 heavy (non-hydrogen) atoms.